The molecule has 0 spiro atoms. The molecule has 28 heavy (non-hydrogen) atoms. The van der Waals surface area contributed by atoms with Crippen LogP contribution in [0.5, 0.6) is 0 Å². The molecule has 1 heterocycles. The minimum atomic E-state index is -0.980. The molecule has 7 heteroatoms. The summed E-state index contributed by atoms with van der Waals surface area (Å²) in [6.45, 7) is 3.87. The van der Waals surface area contributed by atoms with E-state index in [1.807, 2.05) is 50.6 Å². The third kappa shape index (κ3) is 3.97. The predicted molar refractivity (Wildman–Crippen MR) is 113 cm³/mol. The molecule has 140 valence electrons. The van der Waals surface area contributed by atoms with E-state index in [9.17, 15) is 9.90 Å². The van der Waals surface area contributed by atoms with Gasteiger partial charge in [0.1, 0.15) is 0 Å². The first-order valence-corrected chi connectivity index (χ1v) is 9.69. The third-order valence-electron chi connectivity index (χ3n) is 4.23. The summed E-state index contributed by atoms with van der Waals surface area (Å²) in [7, 11) is 0. The van der Waals surface area contributed by atoms with Crippen molar-refractivity contribution in [3.63, 3.8) is 0 Å². The van der Waals surface area contributed by atoms with E-state index in [0.29, 0.717) is 27.5 Å². The second-order valence-electron chi connectivity index (χ2n) is 6.24. The van der Waals surface area contributed by atoms with Crippen LogP contribution in [0.4, 0.5) is 5.69 Å². The maximum Gasteiger partial charge on any atom is 0.336 e. The summed E-state index contributed by atoms with van der Waals surface area (Å²) in [5, 5.41) is 22.1. The van der Waals surface area contributed by atoms with E-state index in [4.69, 9.17) is 10.2 Å². The van der Waals surface area contributed by atoms with Crippen molar-refractivity contribution in [2.45, 2.75) is 13.8 Å². The first-order valence-electron chi connectivity index (χ1n) is 8.46. The number of pyridine rings is 1. The van der Waals surface area contributed by atoms with Crippen LogP contribution in [0.3, 0.4) is 0 Å². The van der Waals surface area contributed by atoms with E-state index >= 15 is 0 Å². The predicted octanol–water partition coefficient (Wildman–Crippen LogP) is 4.64. The van der Waals surface area contributed by atoms with Gasteiger partial charge < -0.3 is 5.11 Å². The molecule has 0 radical (unpaired) electrons. The van der Waals surface area contributed by atoms with Crippen LogP contribution in [0, 0.1) is 25.3 Å². The third-order valence-corrected chi connectivity index (χ3v) is 4.81. The van der Waals surface area contributed by atoms with Crippen LogP contribution in [-0.4, -0.2) is 27.5 Å². The van der Waals surface area contributed by atoms with E-state index < -0.39 is 5.97 Å². The van der Waals surface area contributed by atoms with Crippen molar-refractivity contribution in [2.75, 3.05) is 6.26 Å². The topological polar surface area (TPSA) is 98.4 Å². The van der Waals surface area contributed by atoms with Crippen LogP contribution >= 0.6 is 11.8 Å². The van der Waals surface area contributed by atoms with Crippen molar-refractivity contribution in [1.29, 1.82) is 5.26 Å². The van der Waals surface area contributed by atoms with Gasteiger partial charge in [0.05, 0.1) is 22.5 Å². The van der Waals surface area contributed by atoms with Crippen molar-refractivity contribution in [1.82, 2.24) is 10.3 Å². The number of carboxylic acids is 1. The van der Waals surface area contributed by atoms with Gasteiger partial charge in [-0.1, -0.05) is 35.5 Å². The Morgan fingerprint density at radius 1 is 1.21 bits per heavy atom. The molecule has 0 unspecified atom stereocenters. The number of nitriles is 1. The van der Waals surface area contributed by atoms with Crippen LogP contribution in [0.2, 0.25) is 0 Å². The normalized spacial score (nSPS) is 11.3. The molecular weight excluding hydrogens is 372 g/mol. The van der Waals surface area contributed by atoms with Crippen molar-refractivity contribution in [2.24, 2.45) is 4.99 Å². The fourth-order valence-corrected chi connectivity index (χ4v) is 3.35. The van der Waals surface area contributed by atoms with Crippen LogP contribution in [0.25, 0.3) is 22.2 Å². The lowest BCUT2D eigenvalue weighted by Gasteiger charge is -2.10. The van der Waals surface area contributed by atoms with Crippen LogP contribution in [0.15, 0.2) is 47.5 Å². The van der Waals surface area contributed by atoms with Gasteiger partial charge in [0.25, 0.3) is 0 Å². The number of amidine groups is 1. The van der Waals surface area contributed by atoms with E-state index in [2.05, 4.69) is 10.3 Å². The Morgan fingerprint density at radius 3 is 2.54 bits per heavy atom. The monoisotopic (exact) mass is 390 g/mol. The molecule has 3 rings (SSSR count). The Bertz CT molecular complexity index is 1130. The summed E-state index contributed by atoms with van der Waals surface area (Å²) >= 11 is 1.34. The summed E-state index contributed by atoms with van der Waals surface area (Å²) in [6.07, 6.45) is 3.68. The van der Waals surface area contributed by atoms with Gasteiger partial charge in [0, 0.05) is 10.9 Å². The number of aryl methyl sites for hydroxylation is 2. The zero-order valence-electron chi connectivity index (χ0n) is 15.6. The molecule has 0 aliphatic heterocycles. The number of nitrogens with one attached hydrogen (secondary N) is 1. The number of carbonyl (C=O) groups is 1. The summed E-state index contributed by atoms with van der Waals surface area (Å²) < 4.78 is 0. The number of aliphatic imine (C=N–C) groups is 1. The van der Waals surface area contributed by atoms with Gasteiger partial charge in [0.15, 0.2) is 11.4 Å². The van der Waals surface area contributed by atoms with E-state index in [1.165, 1.54) is 11.8 Å². The SMILES string of the molecule is CSC(=Nc1ccc(-c2cc(C(=O)O)c3cc(C)cc(C)c3n2)cc1)NC#N. The van der Waals surface area contributed by atoms with E-state index in [1.54, 1.807) is 18.2 Å². The van der Waals surface area contributed by atoms with E-state index in [0.717, 1.165) is 16.7 Å². The summed E-state index contributed by atoms with van der Waals surface area (Å²) in [4.78, 5) is 20.9. The molecule has 2 N–H and O–H groups in total. The van der Waals surface area contributed by atoms with Crippen molar-refractivity contribution >= 4 is 39.5 Å². The molecule has 0 atom stereocenters. The number of hydrogen-bond donors (Lipinski definition) is 2. The lowest BCUT2D eigenvalue weighted by atomic mass is 10.00. The van der Waals surface area contributed by atoms with Crippen LogP contribution in [0.1, 0.15) is 21.5 Å². The van der Waals surface area contributed by atoms with Gasteiger partial charge in [-0.25, -0.2) is 14.8 Å². The molecule has 0 aliphatic rings. The molecular formula is C21H18N4O2S. The summed E-state index contributed by atoms with van der Waals surface area (Å²) in [5.41, 5.74) is 4.92. The van der Waals surface area contributed by atoms with E-state index in [-0.39, 0.29) is 5.56 Å². The van der Waals surface area contributed by atoms with Crippen molar-refractivity contribution < 1.29 is 9.90 Å². The molecule has 0 fully saturated rings. The molecule has 0 saturated carbocycles. The minimum absolute atomic E-state index is 0.233. The number of rotatable bonds is 3. The molecule has 3 aromatic rings. The van der Waals surface area contributed by atoms with Crippen molar-refractivity contribution in [3.05, 3.63) is 59.2 Å². The zero-order chi connectivity index (χ0) is 20.3. The smallest absolute Gasteiger partial charge is 0.336 e. The number of hydrogen-bond acceptors (Lipinski definition) is 5. The quantitative estimate of drug-likeness (QED) is 0.293. The average molecular weight is 390 g/mol. The van der Waals surface area contributed by atoms with Gasteiger partial charge >= 0.3 is 5.97 Å². The number of fused-ring (bicyclic) bond motifs is 1. The fourth-order valence-electron chi connectivity index (χ4n) is 3.00. The first-order chi connectivity index (χ1) is 13.4. The second kappa shape index (κ2) is 8.11. The van der Waals surface area contributed by atoms with Gasteiger partial charge in [-0.3, -0.25) is 5.32 Å². The largest absolute Gasteiger partial charge is 0.478 e. The maximum absolute atomic E-state index is 11.8. The molecule has 0 saturated heterocycles. The number of aromatic carboxylic acids is 1. The van der Waals surface area contributed by atoms with Crippen LogP contribution in [-0.2, 0) is 0 Å². The Morgan fingerprint density at radius 2 is 1.93 bits per heavy atom. The lowest BCUT2D eigenvalue weighted by Crippen LogP contribution is -2.12. The highest BCUT2D eigenvalue weighted by Crippen LogP contribution is 2.29. The van der Waals surface area contributed by atoms with Gasteiger partial charge in [-0.15, -0.1) is 0 Å². The standard InChI is InChI=1S/C21H18N4O2S/c1-12-8-13(2)19-16(9-12)17(20(26)27)10-18(25-19)14-4-6-15(7-5-14)24-21(28-3)23-11-22/h4-10H,1-3H3,(H,23,24)(H,26,27). The summed E-state index contributed by atoms with van der Waals surface area (Å²) in [6, 6.07) is 12.7. The highest BCUT2D eigenvalue weighted by atomic mass is 32.2. The number of aromatic nitrogens is 1. The van der Waals surface area contributed by atoms with Crippen molar-refractivity contribution in [3.8, 4) is 17.5 Å². The Hall–Kier alpha value is -3.37. The number of nitrogens with zero attached hydrogens (tertiary/aromatic N) is 3. The Labute approximate surface area is 166 Å². The van der Waals surface area contributed by atoms with Crippen LogP contribution < -0.4 is 5.32 Å². The zero-order valence-corrected chi connectivity index (χ0v) is 16.5. The Balaban J connectivity index is 2.09. The molecule has 0 bridgehead atoms. The first kappa shape index (κ1) is 19.4. The molecule has 0 amide bonds. The fraction of sp³-hybridized carbons (Fsp3) is 0.143. The second-order valence-corrected chi connectivity index (χ2v) is 7.04. The number of thioether (sulfide) groups is 1. The lowest BCUT2D eigenvalue weighted by molar-refractivity contribution is 0.0699. The molecule has 1 aromatic heterocycles. The minimum Gasteiger partial charge on any atom is -0.478 e. The highest BCUT2D eigenvalue weighted by Gasteiger charge is 2.15. The van der Waals surface area contributed by atoms with Gasteiger partial charge in [-0.05, 0) is 49.9 Å². The molecule has 6 nitrogen and oxygen atoms in total. The van der Waals surface area contributed by atoms with Gasteiger partial charge in [-0.2, -0.15) is 5.26 Å². The average Bonchev–Trinajstić information content (AvgIpc) is 2.67. The number of carboxylic acid groups (broad SMARTS) is 1. The Kier molecular flexibility index (Phi) is 5.62. The van der Waals surface area contributed by atoms with Gasteiger partial charge in [0.2, 0.25) is 0 Å². The maximum atomic E-state index is 11.8. The summed E-state index contributed by atoms with van der Waals surface area (Å²) in [5.74, 6) is -0.980. The number of benzene rings is 2. The molecule has 0 aliphatic carbocycles. The highest BCUT2D eigenvalue weighted by molar-refractivity contribution is 8.13. The molecule has 2 aromatic carbocycles.